The summed E-state index contributed by atoms with van der Waals surface area (Å²) in [5.41, 5.74) is 0.631. The molecule has 110 valence electrons. The Balaban J connectivity index is 2.29. The smallest absolute Gasteiger partial charge is 0.266 e. The number of anilines is 1. The quantitative estimate of drug-likeness (QED) is 0.652. The number of nitrogens with zero attached hydrogens (tertiary/aromatic N) is 1. The Labute approximate surface area is 137 Å². The van der Waals surface area contributed by atoms with Gasteiger partial charge >= 0.3 is 0 Å². The van der Waals surface area contributed by atoms with E-state index in [1.54, 1.807) is 30.3 Å². The number of hydrogen-bond donors (Lipinski definition) is 2. The molecule has 0 atom stereocenters. The van der Waals surface area contributed by atoms with Crippen molar-refractivity contribution in [3.63, 3.8) is 0 Å². The van der Waals surface area contributed by atoms with Crippen molar-refractivity contribution in [2.24, 2.45) is 0 Å². The van der Waals surface area contributed by atoms with E-state index in [0.717, 1.165) is 0 Å². The Morgan fingerprint density at radius 3 is 2.41 bits per heavy atom. The molecule has 0 radical (unpaired) electrons. The van der Waals surface area contributed by atoms with Crippen molar-refractivity contribution in [3.8, 4) is 11.8 Å². The van der Waals surface area contributed by atoms with E-state index in [1.807, 2.05) is 6.07 Å². The second kappa shape index (κ2) is 6.99. The first-order chi connectivity index (χ1) is 10.5. The molecular formula is C16H10Cl2N2O2. The number of hydrogen-bond acceptors (Lipinski definition) is 3. The average Bonchev–Trinajstić information content (AvgIpc) is 2.48. The molecule has 0 saturated carbocycles. The molecule has 0 aliphatic rings. The summed E-state index contributed by atoms with van der Waals surface area (Å²) in [6.45, 7) is 0. The molecule has 2 rings (SSSR count). The van der Waals surface area contributed by atoms with Gasteiger partial charge in [0.05, 0.1) is 15.7 Å². The molecule has 0 aromatic heterocycles. The number of nitrogens with one attached hydrogen (secondary N) is 1. The van der Waals surface area contributed by atoms with Crippen molar-refractivity contribution in [2.75, 3.05) is 5.32 Å². The van der Waals surface area contributed by atoms with Gasteiger partial charge in [-0.25, -0.2) is 0 Å². The van der Waals surface area contributed by atoms with Crippen LogP contribution in [0.1, 0.15) is 5.56 Å². The van der Waals surface area contributed by atoms with Gasteiger partial charge in [-0.05, 0) is 35.9 Å². The molecule has 0 bridgehead atoms. The highest BCUT2D eigenvalue weighted by atomic mass is 35.5. The SMILES string of the molecule is N#C/C(=C\c1cccc(O)c1)C(=O)Nc1c(Cl)cccc1Cl. The Kier molecular flexibility index (Phi) is 5.05. The van der Waals surface area contributed by atoms with E-state index in [2.05, 4.69) is 5.32 Å². The van der Waals surface area contributed by atoms with Crippen LogP contribution in [0, 0.1) is 11.3 Å². The fourth-order valence-electron chi connectivity index (χ4n) is 1.73. The lowest BCUT2D eigenvalue weighted by Crippen LogP contribution is -2.14. The molecule has 2 N–H and O–H groups in total. The molecule has 0 heterocycles. The number of para-hydroxylation sites is 1. The van der Waals surface area contributed by atoms with Crippen LogP contribution in [0.25, 0.3) is 6.08 Å². The fraction of sp³-hybridized carbons (Fsp3) is 0. The highest BCUT2D eigenvalue weighted by molar-refractivity contribution is 6.40. The first kappa shape index (κ1) is 15.9. The second-order valence-corrected chi connectivity index (χ2v) is 5.13. The normalized spacial score (nSPS) is 10.9. The molecular weight excluding hydrogens is 323 g/mol. The van der Waals surface area contributed by atoms with Crippen LogP contribution in [0.5, 0.6) is 5.75 Å². The lowest BCUT2D eigenvalue weighted by molar-refractivity contribution is -0.112. The first-order valence-corrected chi connectivity index (χ1v) is 6.93. The van der Waals surface area contributed by atoms with Crippen molar-refractivity contribution in [2.45, 2.75) is 0 Å². The van der Waals surface area contributed by atoms with Crippen molar-refractivity contribution < 1.29 is 9.90 Å². The molecule has 0 saturated heterocycles. The Hall–Kier alpha value is -2.48. The monoisotopic (exact) mass is 332 g/mol. The predicted octanol–water partition coefficient (Wildman–Crippen LogP) is 4.24. The predicted molar refractivity (Wildman–Crippen MR) is 86.8 cm³/mol. The van der Waals surface area contributed by atoms with Gasteiger partial charge < -0.3 is 10.4 Å². The summed E-state index contributed by atoms with van der Waals surface area (Å²) in [5.74, 6) is -0.596. The van der Waals surface area contributed by atoms with Gasteiger partial charge in [-0.3, -0.25) is 4.79 Å². The van der Waals surface area contributed by atoms with Crippen LogP contribution in [0.3, 0.4) is 0 Å². The van der Waals surface area contributed by atoms with Crippen LogP contribution in [-0.2, 0) is 4.79 Å². The summed E-state index contributed by atoms with van der Waals surface area (Å²) in [4.78, 5) is 12.2. The van der Waals surface area contributed by atoms with Crippen molar-refractivity contribution in [1.82, 2.24) is 0 Å². The maximum atomic E-state index is 12.2. The minimum absolute atomic E-state index is 0.0422. The number of aromatic hydroxyl groups is 1. The minimum Gasteiger partial charge on any atom is -0.508 e. The number of phenolic OH excluding ortho intramolecular Hbond substituents is 1. The molecule has 4 nitrogen and oxygen atoms in total. The number of benzene rings is 2. The molecule has 6 heteroatoms. The molecule has 0 spiro atoms. The third kappa shape index (κ3) is 3.79. The molecule has 0 aliphatic carbocycles. The fourth-order valence-corrected chi connectivity index (χ4v) is 2.22. The summed E-state index contributed by atoms with van der Waals surface area (Å²) in [6.07, 6.45) is 1.36. The third-order valence-corrected chi connectivity index (χ3v) is 3.38. The third-order valence-electron chi connectivity index (χ3n) is 2.75. The van der Waals surface area contributed by atoms with Crippen molar-refractivity contribution in [1.29, 1.82) is 5.26 Å². The number of halogens is 2. The van der Waals surface area contributed by atoms with Crippen LogP contribution < -0.4 is 5.32 Å². The summed E-state index contributed by atoms with van der Waals surface area (Å²) < 4.78 is 0. The maximum Gasteiger partial charge on any atom is 0.266 e. The number of carbonyl (C=O) groups is 1. The maximum absolute atomic E-state index is 12.2. The summed E-state index contributed by atoms with van der Waals surface area (Å²) in [6, 6.07) is 12.8. The van der Waals surface area contributed by atoms with E-state index in [1.165, 1.54) is 18.2 Å². The van der Waals surface area contributed by atoms with Gasteiger partial charge in [-0.2, -0.15) is 5.26 Å². The van der Waals surface area contributed by atoms with Gasteiger partial charge in [-0.1, -0.05) is 41.4 Å². The number of nitriles is 1. The summed E-state index contributed by atoms with van der Waals surface area (Å²) in [5, 5.41) is 21.6. The van der Waals surface area contributed by atoms with Crippen molar-refractivity contribution >= 4 is 40.9 Å². The molecule has 2 aromatic rings. The van der Waals surface area contributed by atoms with E-state index in [4.69, 9.17) is 28.5 Å². The average molecular weight is 333 g/mol. The van der Waals surface area contributed by atoms with E-state index >= 15 is 0 Å². The van der Waals surface area contributed by atoms with Crippen LogP contribution >= 0.6 is 23.2 Å². The van der Waals surface area contributed by atoms with E-state index in [9.17, 15) is 9.90 Å². The van der Waals surface area contributed by atoms with Crippen LogP contribution in [-0.4, -0.2) is 11.0 Å². The largest absolute Gasteiger partial charge is 0.508 e. The standard InChI is InChI=1S/C16H10Cl2N2O2/c17-13-5-2-6-14(18)15(13)20-16(22)11(9-19)7-10-3-1-4-12(21)8-10/h1-8,21H,(H,20,22)/b11-7+. The van der Waals surface area contributed by atoms with E-state index in [0.29, 0.717) is 5.56 Å². The number of amides is 1. The first-order valence-electron chi connectivity index (χ1n) is 6.17. The highest BCUT2D eigenvalue weighted by Gasteiger charge is 2.13. The summed E-state index contributed by atoms with van der Waals surface area (Å²) >= 11 is 11.9. The van der Waals surface area contributed by atoms with Crippen LogP contribution in [0.2, 0.25) is 10.0 Å². The zero-order chi connectivity index (χ0) is 16.1. The van der Waals surface area contributed by atoms with Gasteiger partial charge in [0.25, 0.3) is 5.91 Å². The van der Waals surface area contributed by atoms with Gasteiger partial charge in [0, 0.05) is 0 Å². The van der Waals surface area contributed by atoms with Crippen LogP contribution in [0.4, 0.5) is 5.69 Å². The molecule has 0 unspecified atom stereocenters. The molecule has 0 aliphatic heterocycles. The molecule has 0 fully saturated rings. The summed E-state index contributed by atoms with van der Waals surface area (Å²) in [7, 11) is 0. The van der Waals surface area contributed by atoms with Gasteiger partial charge in [-0.15, -0.1) is 0 Å². The van der Waals surface area contributed by atoms with Crippen LogP contribution in [0.15, 0.2) is 48.0 Å². The number of carbonyl (C=O) groups excluding carboxylic acids is 1. The van der Waals surface area contributed by atoms with E-state index in [-0.39, 0.29) is 27.1 Å². The Morgan fingerprint density at radius 2 is 1.82 bits per heavy atom. The highest BCUT2D eigenvalue weighted by Crippen LogP contribution is 2.30. The zero-order valence-corrected chi connectivity index (χ0v) is 12.7. The molecule has 1 amide bonds. The zero-order valence-electron chi connectivity index (χ0n) is 11.2. The lowest BCUT2D eigenvalue weighted by atomic mass is 10.1. The number of rotatable bonds is 3. The van der Waals surface area contributed by atoms with E-state index < -0.39 is 5.91 Å². The topological polar surface area (TPSA) is 73.1 Å². The lowest BCUT2D eigenvalue weighted by Gasteiger charge is -2.08. The van der Waals surface area contributed by atoms with Gasteiger partial charge in [0.2, 0.25) is 0 Å². The second-order valence-electron chi connectivity index (χ2n) is 4.32. The van der Waals surface area contributed by atoms with Crippen molar-refractivity contribution in [3.05, 3.63) is 63.6 Å². The number of phenols is 1. The molecule has 22 heavy (non-hydrogen) atoms. The Bertz CT molecular complexity index is 775. The minimum atomic E-state index is -0.638. The molecule has 2 aromatic carbocycles. The van der Waals surface area contributed by atoms with Gasteiger partial charge in [0.15, 0.2) is 0 Å². The van der Waals surface area contributed by atoms with Gasteiger partial charge in [0.1, 0.15) is 17.4 Å². The Morgan fingerprint density at radius 1 is 1.18 bits per heavy atom.